The molecule has 214 valence electrons. The fourth-order valence-corrected chi connectivity index (χ4v) is 6.43. The van der Waals surface area contributed by atoms with Gasteiger partial charge in [-0.1, -0.05) is 19.9 Å². The largest absolute Gasteiger partial charge is 0.433 e. The van der Waals surface area contributed by atoms with Crippen LogP contribution in [0.2, 0.25) is 0 Å². The number of hydrogen-bond acceptors (Lipinski definition) is 7. The van der Waals surface area contributed by atoms with E-state index in [0.29, 0.717) is 61.4 Å². The van der Waals surface area contributed by atoms with Crippen LogP contribution in [0.25, 0.3) is 0 Å². The van der Waals surface area contributed by atoms with Crippen molar-refractivity contribution < 1.29 is 32.7 Å². The lowest BCUT2D eigenvalue weighted by molar-refractivity contribution is -0.151. The topological polar surface area (TPSA) is 116 Å². The molecule has 0 aliphatic carbocycles. The molecule has 0 aromatic carbocycles. The number of imide groups is 1. The minimum absolute atomic E-state index is 0.114. The third kappa shape index (κ3) is 4.77. The van der Waals surface area contributed by atoms with Crippen molar-refractivity contribution in [1.82, 2.24) is 25.1 Å². The second kappa shape index (κ2) is 10.2. The number of nitrogens with zero attached hydrogens (tertiary/aromatic N) is 4. The molecule has 2 atom stereocenters. The second-order valence-electron chi connectivity index (χ2n) is 10.9. The van der Waals surface area contributed by atoms with E-state index in [0.717, 1.165) is 6.07 Å². The van der Waals surface area contributed by atoms with Gasteiger partial charge in [-0.05, 0) is 49.4 Å². The third-order valence-electron chi connectivity index (χ3n) is 8.86. The van der Waals surface area contributed by atoms with Gasteiger partial charge in [0.25, 0.3) is 5.91 Å². The number of carbonyl (C=O) groups excluding carboxylic acids is 3. The summed E-state index contributed by atoms with van der Waals surface area (Å²) in [6, 6.07) is 5.00. The Bertz CT molecular complexity index is 1330. The summed E-state index contributed by atoms with van der Waals surface area (Å²) >= 11 is 0. The van der Waals surface area contributed by atoms with E-state index in [1.54, 1.807) is 12.1 Å². The Kier molecular flexibility index (Phi) is 7.20. The number of aliphatic hydroxyl groups is 1. The van der Waals surface area contributed by atoms with Gasteiger partial charge < -0.3 is 10.0 Å². The number of pyridine rings is 2. The maximum absolute atomic E-state index is 13.1. The Morgan fingerprint density at radius 1 is 1.12 bits per heavy atom. The number of nitrogens with one attached hydrogen (secondary N) is 1. The Balaban J connectivity index is 1.36. The Hall–Kier alpha value is -3.38. The van der Waals surface area contributed by atoms with Crippen LogP contribution in [0.4, 0.5) is 13.2 Å². The van der Waals surface area contributed by atoms with Crippen molar-refractivity contribution in [2.75, 3.05) is 13.1 Å². The summed E-state index contributed by atoms with van der Waals surface area (Å²) in [7, 11) is 0. The molecule has 2 aromatic heterocycles. The summed E-state index contributed by atoms with van der Waals surface area (Å²) in [5.41, 5.74) is -0.851. The highest BCUT2D eigenvalue weighted by atomic mass is 19.4. The van der Waals surface area contributed by atoms with Gasteiger partial charge in [-0.2, -0.15) is 13.2 Å². The molecule has 2 fully saturated rings. The van der Waals surface area contributed by atoms with Gasteiger partial charge in [-0.3, -0.25) is 34.6 Å². The SMILES string of the molecule is CCC1(CC)CN(Cc2ccc(C(F)(F)F)nc2)CCC1(O)c1ccc2c(n1)CN(C1CCC(=O)NC1=O)C2=O. The summed E-state index contributed by atoms with van der Waals surface area (Å²) in [6.07, 6.45) is -1.24. The highest BCUT2D eigenvalue weighted by Gasteiger charge is 2.54. The van der Waals surface area contributed by atoms with Gasteiger partial charge in [-0.15, -0.1) is 0 Å². The predicted molar refractivity (Wildman–Crippen MR) is 136 cm³/mol. The standard InChI is InChI=1S/C28H32F3N5O4/c1-3-26(4-2)16-35(14-17-5-8-22(32-13-17)28(29,30)31)12-11-27(26,40)21-9-6-18-19(33-21)15-36(25(18)39)20-7-10-23(37)34-24(20)38/h5-6,8-9,13,20,40H,3-4,7,10-12,14-16H2,1-2H3,(H,34,37,38). The van der Waals surface area contributed by atoms with Gasteiger partial charge in [0, 0.05) is 37.7 Å². The van der Waals surface area contributed by atoms with Crippen LogP contribution in [-0.2, 0) is 34.5 Å². The molecule has 3 amide bonds. The highest BCUT2D eigenvalue weighted by Crippen LogP contribution is 2.51. The molecule has 2 N–H and O–H groups in total. The van der Waals surface area contributed by atoms with Gasteiger partial charge in [0.2, 0.25) is 11.8 Å². The molecule has 0 radical (unpaired) electrons. The lowest BCUT2D eigenvalue weighted by Gasteiger charge is -2.53. The fourth-order valence-electron chi connectivity index (χ4n) is 6.43. The van der Waals surface area contributed by atoms with Crippen LogP contribution in [0.15, 0.2) is 30.5 Å². The van der Waals surface area contributed by atoms with E-state index in [2.05, 4.69) is 15.2 Å². The minimum atomic E-state index is -4.49. The van der Waals surface area contributed by atoms with Crippen LogP contribution in [0.1, 0.15) is 79.0 Å². The number of halogens is 3. The van der Waals surface area contributed by atoms with Crippen LogP contribution in [0.5, 0.6) is 0 Å². The third-order valence-corrected chi connectivity index (χ3v) is 8.86. The Morgan fingerprint density at radius 3 is 2.50 bits per heavy atom. The first kappa shape index (κ1) is 28.2. The average molecular weight is 560 g/mol. The zero-order valence-corrected chi connectivity index (χ0v) is 22.4. The van der Waals surface area contributed by atoms with Crippen LogP contribution in [0, 0.1) is 5.41 Å². The first-order valence-corrected chi connectivity index (χ1v) is 13.5. The molecule has 0 saturated carbocycles. The summed E-state index contributed by atoms with van der Waals surface area (Å²) in [5.74, 6) is -1.18. The van der Waals surface area contributed by atoms with Crippen molar-refractivity contribution in [2.24, 2.45) is 5.41 Å². The number of piperidine rings is 2. The summed E-state index contributed by atoms with van der Waals surface area (Å²) in [6.45, 7) is 5.49. The van der Waals surface area contributed by atoms with E-state index in [1.165, 1.54) is 17.2 Å². The number of hydrogen-bond donors (Lipinski definition) is 2. The van der Waals surface area contributed by atoms with Crippen LogP contribution >= 0.6 is 0 Å². The van der Waals surface area contributed by atoms with Gasteiger partial charge in [0.15, 0.2) is 0 Å². The zero-order valence-electron chi connectivity index (χ0n) is 22.4. The van der Waals surface area contributed by atoms with Crippen LogP contribution in [0.3, 0.4) is 0 Å². The molecule has 2 unspecified atom stereocenters. The van der Waals surface area contributed by atoms with E-state index in [1.807, 2.05) is 13.8 Å². The summed E-state index contributed by atoms with van der Waals surface area (Å²) in [4.78, 5) is 49.0. The lowest BCUT2D eigenvalue weighted by Crippen LogP contribution is -2.57. The molecule has 9 nitrogen and oxygen atoms in total. The Morgan fingerprint density at radius 2 is 1.88 bits per heavy atom. The molecule has 5 heterocycles. The lowest BCUT2D eigenvalue weighted by atomic mass is 9.62. The zero-order chi connectivity index (χ0) is 28.9. The summed E-state index contributed by atoms with van der Waals surface area (Å²) in [5, 5.41) is 14.5. The highest BCUT2D eigenvalue weighted by molar-refractivity contribution is 6.05. The van der Waals surface area contributed by atoms with E-state index in [4.69, 9.17) is 4.98 Å². The van der Waals surface area contributed by atoms with Crippen LogP contribution < -0.4 is 5.32 Å². The number of alkyl halides is 3. The van der Waals surface area contributed by atoms with E-state index >= 15 is 0 Å². The molecule has 12 heteroatoms. The molecule has 2 saturated heterocycles. The van der Waals surface area contributed by atoms with Crippen LogP contribution in [-0.4, -0.2) is 61.7 Å². The van der Waals surface area contributed by atoms with Gasteiger partial charge in [0.1, 0.15) is 17.3 Å². The number of rotatable bonds is 6. The number of carbonyl (C=O) groups is 3. The van der Waals surface area contributed by atoms with E-state index in [-0.39, 0.29) is 31.2 Å². The molecule has 0 bridgehead atoms. The number of likely N-dealkylation sites (tertiary alicyclic amines) is 1. The molecule has 0 spiro atoms. The van der Waals surface area contributed by atoms with Gasteiger partial charge in [-0.25, -0.2) is 0 Å². The monoisotopic (exact) mass is 559 g/mol. The maximum atomic E-state index is 13.1. The van der Waals surface area contributed by atoms with Crippen molar-refractivity contribution in [1.29, 1.82) is 0 Å². The molecule has 5 rings (SSSR count). The molecule has 3 aliphatic rings. The van der Waals surface area contributed by atoms with Gasteiger partial charge in [0.05, 0.1) is 23.5 Å². The number of aromatic nitrogens is 2. The smallest absolute Gasteiger partial charge is 0.383 e. The van der Waals surface area contributed by atoms with Crippen molar-refractivity contribution in [3.63, 3.8) is 0 Å². The van der Waals surface area contributed by atoms with E-state index < -0.39 is 34.8 Å². The van der Waals surface area contributed by atoms with E-state index in [9.17, 15) is 32.7 Å². The maximum Gasteiger partial charge on any atom is 0.433 e. The second-order valence-corrected chi connectivity index (χ2v) is 10.9. The van der Waals surface area contributed by atoms with Gasteiger partial charge >= 0.3 is 6.18 Å². The minimum Gasteiger partial charge on any atom is -0.383 e. The Labute approximate surface area is 229 Å². The quantitative estimate of drug-likeness (QED) is 0.523. The molecular formula is C28H32F3N5O4. The van der Waals surface area contributed by atoms with Crippen molar-refractivity contribution in [2.45, 2.75) is 76.9 Å². The van der Waals surface area contributed by atoms with Crippen molar-refractivity contribution in [3.05, 3.63) is 58.7 Å². The first-order chi connectivity index (χ1) is 18.9. The molecule has 2 aromatic rings. The first-order valence-electron chi connectivity index (χ1n) is 13.5. The fraction of sp³-hybridized carbons (Fsp3) is 0.536. The summed E-state index contributed by atoms with van der Waals surface area (Å²) < 4.78 is 38.7. The normalized spacial score (nSPS) is 25.2. The average Bonchev–Trinajstić information content (AvgIpc) is 3.25. The van der Waals surface area contributed by atoms with Crippen molar-refractivity contribution >= 4 is 17.7 Å². The number of fused-ring (bicyclic) bond motifs is 1. The molecule has 3 aliphatic heterocycles. The molecule has 40 heavy (non-hydrogen) atoms. The molecular weight excluding hydrogens is 527 g/mol. The predicted octanol–water partition coefficient (Wildman–Crippen LogP) is 3.16. The number of amides is 3. The van der Waals surface area contributed by atoms with Crippen molar-refractivity contribution in [3.8, 4) is 0 Å².